The summed E-state index contributed by atoms with van der Waals surface area (Å²) in [5, 5.41) is 3.66. The molecule has 20 heavy (non-hydrogen) atoms. The second-order valence-electron chi connectivity index (χ2n) is 5.33. The van der Waals surface area contributed by atoms with Crippen LogP contribution in [0.3, 0.4) is 0 Å². The van der Waals surface area contributed by atoms with Gasteiger partial charge in [0.1, 0.15) is 4.34 Å². The second kappa shape index (κ2) is 11.1. The topological polar surface area (TPSA) is 12.0 Å². The summed E-state index contributed by atoms with van der Waals surface area (Å²) < 4.78 is 1.90. The fourth-order valence-corrected chi connectivity index (χ4v) is 4.17. The van der Waals surface area contributed by atoms with Crippen LogP contribution in [0.2, 0.25) is 4.34 Å². The van der Waals surface area contributed by atoms with E-state index in [0.29, 0.717) is 6.04 Å². The van der Waals surface area contributed by atoms with Gasteiger partial charge in [-0.3, -0.25) is 0 Å². The van der Waals surface area contributed by atoms with Crippen molar-refractivity contribution >= 4 is 38.9 Å². The number of nitrogens with one attached hydrogen (secondary N) is 1. The van der Waals surface area contributed by atoms with Gasteiger partial charge in [0.15, 0.2) is 0 Å². The Hall–Kier alpha value is 0.430. The zero-order chi connectivity index (χ0) is 14.8. The van der Waals surface area contributed by atoms with Crippen LogP contribution >= 0.6 is 38.9 Å². The van der Waals surface area contributed by atoms with Crippen molar-refractivity contribution in [2.45, 2.75) is 71.3 Å². The lowest BCUT2D eigenvalue weighted by Crippen LogP contribution is -2.21. The molecule has 0 radical (unpaired) electrons. The summed E-state index contributed by atoms with van der Waals surface area (Å²) in [4.78, 5) is 1.36. The Balaban J connectivity index is 2.40. The standard InChI is InChI=1S/C16H27BrClNS/c1-3-5-6-7-8-9-10-14(19-11-4-2)15-12-13(17)16(18)20-15/h12,14,19H,3-11H2,1-2H3. The number of halogens is 2. The van der Waals surface area contributed by atoms with Gasteiger partial charge in [-0.05, 0) is 41.4 Å². The highest BCUT2D eigenvalue weighted by Crippen LogP contribution is 2.36. The molecule has 1 heterocycles. The summed E-state index contributed by atoms with van der Waals surface area (Å²) in [6.07, 6.45) is 10.5. The molecule has 0 aliphatic rings. The van der Waals surface area contributed by atoms with Crippen LogP contribution in [-0.2, 0) is 0 Å². The average Bonchev–Trinajstić information content (AvgIpc) is 2.77. The fourth-order valence-electron chi connectivity index (χ4n) is 2.33. The first-order valence-electron chi connectivity index (χ1n) is 7.87. The molecule has 0 saturated carbocycles. The molecule has 1 rings (SSSR count). The van der Waals surface area contributed by atoms with Crippen LogP contribution in [0.25, 0.3) is 0 Å². The van der Waals surface area contributed by atoms with Crippen molar-refractivity contribution < 1.29 is 0 Å². The minimum atomic E-state index is 0.468. The summed E-state index contributed by atoms with van der Waals surface area (Å²) in [6.45, 7) is 5.56. The first kappa shape index (κ1) is 18.5. The first-order chi connectivity index (χ1) is 9.69. The Bertz CT molecular complexity index is 348. The molecule has 1 N–H and O–H groups in total. The lowest BCUT2D eigenvalue weighted by atomic mass is 10.0. The van der Waals surface area contributed by atoms with Crippen LogP contribution in [0.5, 0.6) is 0 Å². The molecule has 4 heteroatoms. The van der Waals surface area contributed by atoms with E-state index >= 15 is 0 Å². The van der Waals surface area contributed by atoms with Crippen molar-refractivity contribution in [3.63, 3.8) is 0 Å². The highest BCUT2D eigenvalue weighted by molar-refractivity contribution is 9.10. The Morgan fingerprint density at radius 2 is 1.85 bits per heavy atom. The number of hydrogen-bond acceptors (Lipinski definition) is 2. The maximum Gasteiger partial charge on any atom is 0.107 e. The quantitative estimate of drug-likeness (QED) is 0.409. The maximum absolute atomic E-state index is 6.17. The van der Waals surface area contributed by atoms with Gasteiger partial charge < -0.3 is 5.32 Å². The molecule has 1 atom stereocenters. The van der Waals surface area contributed by atoms with Crippen molar-refractivity contribution in [2.75, 3.05) is 6.54 Å². The highest BCUT2D eigenvalue weighted by atomic mass is 79.9. The molecule has 0 bridgehead atoms. The number of unbranched alkanes of at least 4 members (excludes halogenated alkanes) is 5. The lowest BCUT2D eigenvalue weighted by molar-refractivity contribution is 0.472. The smallest absolute Gasteiger partial charge is 0.107 e. The largest absolute Gasteiger partial charge is 0.309 e. The third-order valence-electron chi connectivity index (χ3n) is 3.49. The van der Waals surface area contributed by atoms with Crippen LogP contribution in [0.1, 0.15) is 76.1 Å². The van der Waals surface area contributed by atoms with Gasteiger partial charge in [0.25, 0.3) is 0 Å². The normalized spacial score (nSPS) is 12.8. The van der Waals surface area contributed by atoms with Crippen LogP contribution in [-0.4, -0.2) is 6.54 Å². The minimum Gasteiger partial charge on any atom is -0.309 e. The first-order valence-corrected chi connectivity index (χ1v) is 9.85. The van der Waals surface area contributed by atoms with Crippen molar-refractivity contribution in [2.24, 2.45) is 0 Å². The van der Waals surface area contributed by atoms with Gasteiger partial charge in [0, 0.05) is 15.4 Å². The summed E-state index contributed by atoms with van der Waals surface area (Å²) in [5.74, 6) is 0. The van der Waals surface area contributed by atoms with Crippen molar-refractivity contribution in [3.8, 4) is 0 Å². The molecule has 116 valence electrons. The molecule has 0 fully saturated rings. The van der Waals surface area contributed by atoms with E-state index in [2.05, 4.69) is 41.2 Å². The molecule has 0 aliphatic heterocycles. The predicted molar refractivity (Wildman–Crippen MR) is 96.1 cm³/mol. The number of thiophene rings is 1. The van der Waals surface area contributed by atoms with Crippen molar-refractivity contribution in [1.29, 1.82) is 0 Å². The van der Waals surface area contributed by atoms with Gasteiger partial charge in [-0.2, -0.15) is 0 Å². The van der Waals surface area contributed by atoms with Crippen LogP contribution < -0.4 is 5.32 Å². The van der Waals surface area contributed by atoms with Crippen molar-refractivity contribution in [1.82, 2.24) is 5.32 Å². The van der Waals surface area contributed by atoms with Crippen molar-refractivity contribution in [3.05, 3.63) is 19.8 Å². The zero-order valence-electron chi connectivity index (χ0n) is 12.7. The van der Waals surface area contributed by atoms with E-state index < -0.39 is 0 Å². The third kappa shape index (κ3) is 6.93. The average molecular weight is 381 g/mol. The Morgan fingerprint density at radius 3 is 2.45 bits per heavy atom. The summed E-state index contributed by atoms with van der Waals surface area (Å²) in [6, 6.07) is 2.65. The number of hydrogen-bond donors (Lipinski definition) is 1. The molecule has 0 spiro atoms. The fraction of sp³-hybridized carbons (Fsp3) is 0.750. The molecule has 0 saturated heterocycles. The SMILES string of the molecule is CCCCCCCCC(NCCC)c1cc(Br)c(Cl)s1. The summed E-state index contributed by atoms with van der Waals surface area (Å²) in [5.41, 5.74) is 0. The second-order valence-corrected chi connectivity index (χ2v) is 7.87. The Morgan fingerprint density at radius 1 is 1.15 bits per heavy atom. The molecular weight excluding hydrogens is 354 g/mol. The summed E-state index contributed by atoms with van der Waals surface area (Å²) >= 11 is 11.4. The van der Waals surface area contributed by atoms with Crippen LogP contribution in [0, 0.1) is 0 Å². The lowest BCUT2D eigenvalue weighted by Gasteiger charge is -2.17. The van der Waals surface area contributed by atoms with Gasteiger partial charge in [-0.25, -0.2) is 0 Å². The van der Waals surface area contributed by atoms with Crippen LogP contribution in [0.15, 0.2) is 10.5 Å². The predicted octanol–water partition coefficient (Wildman–Crippen LogP) is 6.96. The van der Waals surface area contributed by atoms with E-state index in [-0.39, 0.29) is 0 Å². The molecule has 1 aromatic rings. The monoisotopic (exact) mass is 379 g/mol. The third-order valence-corrected chi connectivity index (χ3v) is 6.08. The van der Waals surface area contributed by atoms with E-state index in [9.17, 15) is 0 Å². The van der Waals surface area contributed by atoms with E-state index in [4.69, 9.17) is 11.6 Å². The van der Waals surface area contributed by atoms with Gasteiger partial charge >= 0.3 is 0 Å². The van der Waals surface area contributed by atoms with Gasteiger partial charge in [-0.1, -0.05) is 64.0 Å². The summed E-state index contributed by atoms with van der Waals surface area (Å²) in [7, 11) is 0. The Kier molecular flexibility index (Phi) is 10.2. The maximum atomic E-state index is 6.17. The molecular formula is C16H27BrClNS. The minimum absolute atomic E-state index is 0.468. The number of rotatable bonds is 11. The molecule has 1 aromatic heterocycles. The van der Waals surface area contributed by atoms with E-state index in [1.54, 1.807) is 11.3 Å². The Labute approximate surface area is 141 Å². The molecule has 1 nitrogen and oxygen atoms in total. The van der Waals surface area contributed by atoms with E-state index in [1.807, 2.05) is 0 Å². The molecule has 1 unspecified atom stereocenters. The molecule has 0 aromatic carbocycles. The van der Waals surface area contributed by atoms with E-state index in [1.165, 1.54) is 56.2 Å². The van der Waals surface area contributed by atoms with Gasteiger partial charge in [-0.15, -0.1) is 11.3 Å². The van der Waals surface area contributed by atoms with Gasteiger partial charge in [0.05, 0.1) is 0 Å². The molecule has 0 amide bonds. The van der Waals surface area contributed by atoms with Gasteiger partial charge in [0.2, 0.25) is 0 Å². The van der Waals surface area contributed by atoms with Crippen LogP contribution in [0.4, 0.5) is 0 Å². The molecule has 0 aliphatic carbocycles. The highest BCUT2D eigenvalue weighted by Gasteiger charge is 2.15. The zero-order valence-corrected chi connectivity index (χ0v) is 15.8. The van der Waals surface area contributed by atoms with E-state index in [0.717, 1.165) is 15.4 Å².